The molecule has 2 N–H and O–H groups in total. The maximum atomic E-state index is 12.8. The van der Waals surface area contributed by atoms with Gasteiger partial charge < -0.3 is 5.11 Å². The van der Waals surface area contributed by atoms with E-state index >= 15 is 0 Å². The smallest absolute Gasteiger partial charge is 0.322 e. The summed E-state index contributed by atoms with van der Waals surface area (Å²) in [7, 11) is -2.88. The first-order valence-electron chi connectivity index (χ1n) is 8.19. The van der Waals surface area contributed by atoms with Gasteiger partial charge >= 0.3 is 5.97 Å². The van der Waals surface area contributed by atoms with Crippen molar-refractivity contribution >= 4 is 38.6 Å². The predicted molar refractivity (Wildman–Crippen MR) is 97.0 cm³/mol. The van der Waals surface area contributed by atoms with Crippen molar-refractivity contribution < 1.29 is 27.9 Å². The van der Waals surface area contributed by atoms with Gasteiger partial charge in [-0.05, 0) is 29.5 Å². The maximum absolute atomic E-state index is 12.8. The van der Waals surface area contributed by atoms with Crippen molar-refractivity contribution in [3.63, 3.8) is 0 Å². The Balaban J connectivity index is 2.20. The lowest BCUT2D eigenvalue weighted by Crippen LogP contribution is -2.44. The Morgan fingerprint density at radius 1 is 1.11 bits per heavy atom. The Labute approximate surface area is 155 Å². The largest absolute Gasteiger partial charge is 0.480 e. The molecule has 2 aromatic carbocycles. The summed E-state index contributed by atoms with van der Waals surface area (Å²) in [6.45, 7) is 3.17. The topological polar surface area (TPSA) is 121 Å². The molecule has 27 heavy (non-hydrogen) atoms. The van der Waals surface area contributed by atoms with Crippen LogP contribution in [0.3, 0.4) is 0 Å². The van der Waals surface area contributed by atoms with E-state index in [0.29, 0.717) is 16.3 Å². The number of benzene rings is 2. The van der Waals surface area contributed by atoms with Gasteiger partial charge in [0.1, 0.15) is 6.04 Å². The van der Waals surface area contributed by atoms with Gasteiger partial charge in [0, 0.05) is 23.6 Å². The standard InChI is InChI=1S/C18H18N2O6S/c1-9(2)15(18(23)24)19-27(25,26)11-7-10-5-4-6-12-14(10)13(8-11)17(22)20(3)16(12)21/h4-9,15,19H,1-3H3,(H,23,24). The molecule has 1 unspecified atom stereocenters. The summed E-state index contributed by atoms with van der Waals surface area (Å²) in [5.41, 5.74) is 0.397. The van der Waals surface area contributed by atoms with Crippen LogP contribution in [0.1, 0.15) is 34.6 Å². The highest BCUT2D eigenvalue weighted by molar-refractivity contribution is 7.89. The van der Waals surface area contributed by atoms with Gasteiger partial charge in [-0.1, -0.05) is 26.0 Å². The van der Waals surface area contributed by atoms with Crippen LogP contribution in [-0.4, -0.2) is 49.3 Å². The number of rotatable bonds is 5. The van der Waals surface area contributed by atoms with Gasteiger partial charge in [0.25, 0.3) is 11.8 Å². The van der Waals surface area contributed by atoms with Crippen LogP contribution >= 0.6 is 0 Å². The van der Waals surface area contributed by atoms with E-state index in [1.807, 2.05) is 0 Å². The normalized spacial score (nSPS) is 15.5. The average molecular weight is 390 g/mol. The van der Waals surface area contributed by atoms with Crippen molar-refractivity contribution in [1.29, 1.82) is 0 Å². The lowest BCUT2D eigenvalue weighted by atomic mass is 9.94. The molecule has 142 valence electrons. The highest BCUT2D eigenvalue weighted by atomic mass is 32.2. The van der Waals surface area contributed by atoms with Crippen LogP contribution in [0.15, 0.2) is 35.2 Å². The molecule has 1 aliphatic rings. The van der Waals surface area contributed by atoms with E-state index < -0.39 is 39.8 Å². The van der Waals surface area contributed by atoms with Crippen molar-refractivity contribution in [3.8, 4) is 0 Å². The number of amides is 2. The molecule has 3 rings (SSSR count). The first-order valence-corrected chi connectivity index (χ1v) is 9.67. The van der Waals surface area contributed by atoms with E-state index in [4.69, 9.17) is 0 Å². The molecule has 0 saturated heterocycles. The van der Waals surface area contributed by atoms with Crippen LogP contribution < -0.4 is 4.72 Å². The fourth-order valence-corrected chi connectivity index (χ4v) is 4.46. The van der Waals surface area contributed by atoms with E-state index in [1.54, 1.807) is 32.0 Å². The molecule has 1 atom stereocenters. The third kappa shape index (κ3) is 3.08. The molecule has 0 aromatic heterocycles. The van der Waals surface area contributed by atoms with Gasteiger partial charge in [0.05, 0.1) is 4.90 Å². The number of sulfonamides is 1. The zero-order chi connectivity index (χ0) is 20.1. The van der Waals surface area contributed by atoms with E-state index in [9.17, 15) is 27.9 Å². The average Bonchev–Trinajstić information content (AvgIpc) is 2.61. The minimum absolute atomic E-state index is 0.0852. The lowest BCUT2D eigenvalue weighted by molar-refractivity contribution is -0.140. The third-order valence-corrected chi connectivity index (χ3v) is 5.97. The van der Waals surface area contributed by atoms with Crippen LogP contribution in [0.5, 0.6) is 0 Å². The molecule has 0 saturated carbocycles. The second-order valence-electron chi connectivity index (χ2n) is 6.73. The molecule has 9 heteroatoms. The molecule has 2 aromatic rings. The number of carboxylic acid groups (broad SMARTS) is 1. The van der Waals surface area contributed by atoms with Crippen LogP contribution in [0, 0.1) is 5.92 Å². The van der Waals surface area contributed by atoms with Gasteiger partial charge in [-0.25, -0.2) is 8.42 Å². The fourth-order valence-electron chi connectivity index (χ4n) is 3.06. The minimum atomic E-state index is -4.20. The van der Waals surface area contributed by atoms with Crippen molar-refractivity contribution in [2.75, 3.05) is 7.05 Å². The van der Waals surface area contributed by atoms with E-state index in [-0.39, 0.29) is 10.5 Å². The number of carbonyl (C=O) groups is 3. The van der Waals surface area contributed by atoms with Crippen molar-refractivity contribution in [3.05, 3.63) is 41.5 Å². The van der Waals surface area contributed by atoms with Crippen LogP contribution in [-0.2, 0) is 14.8 Å². The SMILES string of the molecule is CC(C)C(NS(=O)(=O)c1cc2c3c(cccc3c1)C(=O)N(C)C2=O)C(=O)O. The molecule has 0 aliphatic carbocycles. The second kappa shape index (κ2) is 6.43. The van der Waals surface area contributed by atoms with Crippen molar-refractivity contribution in [1.82, 2.24) is 9.62 Å². The van der Waals surface area contributed by atoms with Crippen LogP contribution in [0.2, 0.25) is 0 Å². The van der Waals surface area contributed by atoms with E-state index in [1.165, 1.54) is 19.2 Å². The molecule has 1 heterocycles. The van der Waals surface area contributed by atoms with Crippen LogP contribution in [0.25, 0.3) is 10.8 Å². The Bertz CT molecular complexity index is 1090. The van der Waals surface area contributed by atoms with Gasteiger partial charge in [0.2, 0.25) is 10.0 Å². The zero-order valence-corrected chi connectivity index (χ0v) is 15.7. The quantitative estimate of drug-likeness (QED) is 0.746. The molecule has 8 nitrogen and oxygen atoms in total. The van der Waals surface area contributed by atoms with Gasteiger partial charge in [-0.3, -0.25) is 19.3 Å². The van der Waals surface area contributed by atoms with Crippen LogP contribution in [0.4, 0.5) is 0 Å². The van der Waals surface area contributed by atoms with Crippen molar-refractivity contribution in [2.24, 2.45) is 5.92 Å². The lowest BCUT2D eigenvalue weighted by Gasteiger charge is -2.24. The third-order valence-electron chi connectivity index (χ3n) is 4.55. The number of hydrogen-bond acceptors (Lipinski definition) is 5. The second-order valence-corrected chi connectivity index (χ2v) is 8.44. The monoisotopic (exact) mass is 390 g/mol. The highest BCUT2D eigenvalue weighted by Crippen LogP contribution is 2.32. The number of hydrogen-bond donors (Lipinski definition) is 2. The molecule has 2 amide bonds. The molecular formula is C18H18N2O6S. The Morgan fingerprint density at radius 3 is 2.33 bits per heavy atom. The summed E-state index contributed by atoms with van der Waals surface area (Å²) in [5.74, 6) is -2.84. The first-order chi connectivity index (χ1) is 12.5. The summed E-state index contributed by atoms with van der Waals surface area (Å²) in [4.78, 5) is 36.9. The maximum Gasteiger partial charge on any atom is 0.322 e. The number of carbonyl (C=O) groups excluding carboxylic acids is 2. The van der Waals surface area contributed by atoms with Crippen molar-refractivity contribution in [2.45, 2.75) is 24.8 Å². The summed E-state index contributed by atoms with van der Waals surface area (Å²) in [6.07, 6.45) is 0. The minimum Gasteiger partial charge on any atom is -0.480 e. The molecule has 0 radical (unpaired) electrons. The summed E-state index contributed by atoms with van der Waals surface area (Å²) in [6, 6.07) is 5.97. The summed E-state index contributed by atoms with van der Waals surface area (Å²) >= 11 is 0. The molecule has 0 bridgehead atoms. The van der Waals surface area contributed by atoms with Gasteiger partial charge in [0.15, 0.2) is 0 Å². The highest BCUT2D eigenvalue weighted by Gasteiger charge is 2.33. The molecule has 0 fully saturated rings. The number of nitrogens with zero attached hydrogens (tertiary/aromatic N) is 1. The van der Waals surface area contributed by atoms with Gasteiger partial charge in [-0.2, -0.15) is 4.72 Å². The summed E-state index contributed by atoms with van der Waals surface area (Å²) < 4.78 is 27.7. The Morgan fingerprint density at radius 2 is 1.74 bits per heavy atom. The number of aliphatic carboxylic acids is 1. The number of carboxylic acids is 1. The van der Waals surface area contributed by atoms with E-state index in [0.717, 1.165) is 4.90 Å². The molecule has 1 aliphatic heterocycles. The fraction of sp³-hybridized carbons (Fsp3) is 0.278. The molecular weight excluding hydrogens is 372 g/mol. The zero-order valence-electron chi connectivity index (χ0n) is 14.9. The molecule has 0 spiro atoms. The number of imide groups is 1. The van der Waals surface area contributed by atoms with E-state index in [2.05, 4.69) is 4.72 Å². The Hall–Kier alpha value is -2.78. The Kier molecular flexibility index (Phi) is 4.52. The number of nitrogens with one attached hydrogen (secondary N) is 1. The predicted octanol–water partition coefficient (Wildman–Crippen LogP) is 1.45. The summed E-state index contributed by atoms with van der Waals surface area (Å²) in [5, 5.41) is 10.1. The van der Waals surface area contributed by atoms with Gasteiger partial charge in [-0.15, -0.1) is 0 Å². The first kappa shape index (κ1) is 19.0.